The number of hydrogen-bond donors (Lipinski definition) is 1. The van der Waals surface area contributed by atoms with E-state index in [0.29, 0.717) is 5.69 Å². The van der Waals surface area contributed by atoms with Crippen molar-refractivity contribution >= 4 is 23.4 Å². The van der Waals surface area contributed by atoms with E-state index in [1.54, 1.807) is 18.5 Å². The number of anilines is 1. The number of para-hydroxylation sites is 1. The fourth-order valence-electron chi connectivity index (χ4n) is 2.12. The fourth-order valence-corrected chi connectivity index (χ4v) is 2.88. The lowest BCUT2D eigenvalue weighted by atomic mass is 10.3. The van der Waals surface area contributed by atoms with E-state index in [-0.39, 0.29) is 24.7 Å². The van der Waals surface area contributed by atoms with Crippen LogP contribution in [0, 0.1) is 5.82 Å². The summed E-state index contributed by atoms with van der Waals surface area (Å²) < 4.78 is 20.5. The van der Waals surface area contributed by atoms with Crippen LogP contribution in [0.15, 0.2) is 64.9 Å². The number of hydrogen-bond acceptors (Lipinski definition) is 5. The molecule has 0 aliphatic rings. The van der Waals surface area contributed by atoms with Crippen LogP contribution < -0.4 is 10.1 Å². The highest BCUT2D eigenvalue weighted by atomic mass is 32.2. The number of aryl methyl sites for hydroxylation is 1. The molecule has 1 aromatic heterocycles. The molecule has 0 saturated heterocycles. The molecule has 3 aromatic rings. The van der Waals surface area contributed by atoms with Crippen LogP contribution in [0.5, 0.6) is 5.75 Å². The maximum atomic E-state index is 13.4. The molecule has 3 rings (SSSR count). The van der Waals surface area contributed by atoms with Gasteiger partial charge in [-0.05, 0) is 48.2 Å². The minimum atomic E-state index is -0.441. The second-order valence-corrected chi connectivity index (χ2v) is 6.47. The molecule has 0 bridgehead atoms. The van der Waals surface area contributed by atoms with Gasteiger partial charge in [-0.25, -0.2) is 4.39 Å². The summed E-state index contributed by atoms with van der Waals surface area (Å²) in [4.78, 5) is 12.9. The Morgan fingerprint density at radius 2 is 2.00 bits per heavy atom. The van der Waals surface area contributed by atoms with Crippen molar-refractivity contribution in [3.63, 3.8) is 0 Å². The minimum absolute atomic E-state index is 0.104. The molecule has 8 heteroatoms. The summed E-state index contributed by atoms with van der Waals surface area (Å²) in [6.07, 6.45) is 1.77. The van der Waals surface area contributed by atoms with Gasteiger partial charge in [0.2, 0.25) is 5.91 Å². The van der Waals surface area contributed by atoms with Crippen molar-refractivity contribution in [2.75, 3.05) is 11.9 Å². The molecule has 2 aromatic carbocycles. The van der Waals surface area contributed by atoms with Crippen LogP contribution in [0.4, 0.5) is 10.1 Å². The molecule has 0 spiro atoms. The molecule has 0 aliphatic heterocycles. The van der Waals surface area contributed by atoms with Gasteiger partial charge in [0.05, 0.1) is 13.0 Å². The molecular weight excluding hydrogens is 355 g/mol. The van der Waals surface area contributed by atoms with Gasteiger partial charge in [0.1, 0.15) is 6.33 Å². The first kappa shape index (κ1) is 17.9. The van der Waals surface area contributed by atoms with Crippen LogP contribution in [0.25, 0.3) is 0 Å². The Hall–Kier alpha value is -2.87. The molecule has 0 aliphatic carbocycles. The lowest BCUT2D eigenvalue weighted by molar-refractivity contribution is -0.116. The first-order valence-corrected chi connectivity index (χ1v) is 8.72. The van der Waals surface area contributed by atoms with E-state index in [1.165, 1.54) is 23.9 Å². The first-order chi connectivity index (χ1) is 12.6. The number of nitrogens with one attached hydrogen (secondary N) is 1. The molecule has 6 nitrogen and oxygen atoms in total. The number of carbonyl (C=O) groups excluding carboxylic acids is 1. The van der Waals surface area contributed by atoms with E-state index in [9.17, 15) is 9.18 Å². The molecule has 0 unspecified atom stereocenters. The van der Waals surface area contributed by atoms with E-state index in [4.69, 9.17) is 4.74 Å². The van der Waals surface area contributed by atoms with Crippen LogP contribution in [0.2, 0.25) is 0 Å². The van der Waals surface area contributed by atoms with Crippen LogP contribution in [-0.4, -0.2) is 27.3 Å². The topological polar surface area (TPSA) is 69.0 Å². The molecule has 1 heterocycles. The molecule has 1 amide bonds. The van der Waals surface area contributed by atoms with Crippen molar-refractivity contribution in [3.05, 3.63) is 60.7 Å². The number of benzene rings is 2. The number of rotatable bonds is 7. The maximum Gasteiger partial charge on any atom is 0.227 e. The van der Waals surface area contributed by atoms with E-state index < -0.39 is 5.82 Å². The number of halogens is 1. The van der Waals surface area contributed by atoms with Crippen molar-refractivity contribution in [2.45, 2.75) is 16.5 Å². The van der Waals surface area contributed by atoms with Gasteiger partial charge in [0.25, 0.3) is 0 Å². The number of ether oxygens (including phenoxy) is 1. The SMILES string of the molecule is Cn1cnnc1Sc1ccc(NC(=O)CCOc2ccccc2F)cc1. The summed E-state index contributed by atoms with van der Waals surface area (Å²) in [6, 6.07) is 13.5. The summed E-state index contributed by atoms with van der Waals surface area (Å²) in [7, 11) is 1.88. The molecule has 0 radical (unpaired) electrons. The number of amides is 1. The lowest BCUT2D eigenvalue weighted by Crippen LogP contribution is -2.15. The van der Waals surface area contributed by atoms with Crippen molar-refractivity contribution in [1.29, 1.82) is 0 Å². The predicted molar refractivity (Wildman–Crippen MR) is 96.7 cm³/mol. The Morgan fingerprint density at radius 1 is 1.23 bits per heavy atom. The van der Waals surface area contributed by atoms with E-state index >= 15 is 0 Å². The Bertz CT molecular complexity index is 883. The molecule has 0 fully saturated rings. The Morgan fingerprint density at radius 3 is 2.69 bits per heavy atom. The minimum Gasteiger partial charge on any atom is -0.490 e. The van der Waals surface area contributed by atoms with Crippen molar-refractivity contribution in [1.82, 2.24) is 14.8 Å². The normalized spacial score (nSPS) is 10.5. The van der Waals surface area contributed by atoms with Crippen molar-refractivity contribution < 1.29 is 13.9 Å². The summed E-state index contributed by atoms with van der Waals surface area (Å²) in [5.74, 6) is -0.496. The highest BCUT2D eigenvalue weighted by molar-refractivity contribution is 7.99. The highest BCUT2D eigenvalue weighted by Crippen LogP contribution is 2.26. The highest BCUT2D eigenvalue weighted by Gasteiger charge is 2.07. The van der Waals surface area contributed by atoms with Gasteiger partial charge in [0.15, 0.2) is 16.7 Å². The smallest absolute Gasteiger partial charge is 0.227 e. The van der Waals surface area contributed by atoms with Crippen LogP contribution in [-0.2, 0) is 11.8 Å². The summed E-state index contributed by atoms with van der Waals surface area (Å²) in [5, 5.41) is 11.4. The number of nitrogens with zero attached hydrogens (tertiary/aromatic N) is 3. The van der Waals surface area contributed by atoms with Crippen LogP contribution >= 0.6 is 11.8 Å². The van der Waals surface area contributed by atoms with Crippen molar-refractivity contribution in [2.24, 2.45) is 7.05 Å². The third-order valence-corrected chi connectivity index (χ3v) is 4.50. The van der Waals surface area contributed by atoms with Gasteiger partial charge in [-0.15, -0.1) is 10.2 Å². The maximum absolute atomic E-state index is 13.4. The lowest BCUT2D eigenvalue weighted by Gasteiger charge is -2.08. The summed E-state index contributed by atoms with van der Waals surface area (Å²) in [6.45, 7) is 0.104. The van der Waals surface area contributed by atoms with E-state index in [0.717, 1.165) is 10.1 Å². The number of aromatic nitrogens is 3. The average Bonchev–Trinajstić information content (AvgIpc) is 3.03. The van der Waals surface area contributed by atoms with Crippen molar-refractivity contribution in [3.8, 4) is 5.75 Å². The monoisotopic (exact) mass is 372 g/mol. The molecule has 0 atom stereocenters. The quantitative estimate of drug-likeness (QED) is 0.687. The fraction of sp³-hybridized carbons (Fsp3) is 0.167. The Kier molecular flexibility index (Phi) is 5.85. The third kappa shape index (κ3) is 4.82. The van der Waals surface area contributed by atoms with Gasteiger partial charge in [-0.1, -0.05) is 12.1 Å². The van der Waals surface area contributed by atoms with Gasteiger partial charge in [0, 0.05) is 17.6 Å². The average molecular weight is 372 g/mol. The predicted octanol–water partition coefficient (Wildman–Crippen LogP) is 3.51. The molecular formula is C18H17FN4O2S. The molecule has 134 valence electrons. The number of carbonyl (C=O) groups is 1. The molecule has 26 heavy (non-hydrogen) atoms. The Labute approximate surface area is 154 Å². The van der Waals surface area contributed by atoms with Crippen LogP contribution in [0.1, 0.15) is 6.42 Å². The van der Waals surface area contributed by atoms with E-state index in [2.05, 4.69) is 15.5 Å². The zero-order valence-corrected chi connectivity index (χ0v) is 14.9. The third-order valence-electron chi connectivity index (χ3n) is 3.44. The summed E-state index contributed by atoms with van der Waals surface area (Å²) in [5.41, 5.74) is 0.684. The van der Waals surface area contributed by atoms with E-state index in [1.807, 2.05) is 35.9 Å². The van der Waals surface area contributed by atoms with Gasteiger partial charge >= 0.3 is 0 Å². The van der Waals surface area contributed by atoms with Crippen LogP contribution in [0.3, 0.4) is 0 Å². The second-order valence-electron chi connectivity index (χ2n) is 5.43. The zero-order valence-electron chi connectivity index (χ0n) is 14.1. The van der Waals surface area contributed by atoms with Gasteiger partial charge in [-0.2, -0.15) is 0 Å². The molecule has 1 N–H and O–H groups in total. The summed E-state index contributed by atoms with van der Waals surface area (Å²) >= 11 is 1.48. The van der Waals surface area contributed by atoms with Gasteiger partial charge < -0.3 is 14.6 Å². The standard InChI is InChI=1S/C18H17FN4O2S/c1-23-12-20-22-18(23)26-14-8-6-13(7-9-14)21-17(24)10-11-25-16-5-3-2-4-15(16)19/h2-9,12H,10-11H2,1H3,(H,21,24). The first-order valence-electron chi connectivity index (χ1n) is 7.91. The second kappa shape index (κ2) is 8.48. The largest absolute Gasteiger partial charge is 0.490 e. The zero-order chi connectivity index (χ0) is 18.4. The van der Waals surface area contributed by atoms with Gasteiger partial charge in [-0.3, -0.25) is 4.79 Å². The Balaban J connectivity index is 1.47. The molecule has 0 saturated carbocycles.